The number of rotatable bonds is 3. The Morgan fingerprint density at radius 1 is 1.46 bits per heavy atom. The maximum absolute atomic E-state index is 5.99. The Kier molecular flexibility index (Phi) is 3.04. The molecule has 1 aromatic carbocycles. The molecule has 0 spiro atoms. The van der Waals surface area contributed by atoms with Gasteiger partial charge < -0.3 is 4.74 Å². The van der Waals surface area contributed by atoms with Crippen molar-refractivity contribution in [2.24, 2.45) is 0 Å². The van der Waals surface area contributed by atoms with E-state index in [1.165, 1.54) is 0 Å². The van der Waals surface area contributed by atoms with Crippen LogP contribution in [-0.4, -0.2) is 18.5 Å². The molecule has 4 heteroatoms. The van der Waals surface area contributed by atoms with Crippen molar-refractivity contribution in [1.29, 1.82) is 0 Å². The summed E-state index contributed by atoms with van der Waals surface area (Å²) in [6.45, 7) is 0.887. The molecule has 0 bridgehead atoms. The van der Waals surface area contributed by atoms with Crippen LogP contribution in [-0.2, 0) is 4.74 Å². The van der Waals surface area contributed by atoms with Gasteiger partial charge in [-0.1, -0.05) is 23.2 Å². The molecule has 1 saturated heterocycles. The molecule has 0 aliphatic carbocycles. The molecule has 0 unspecified atom stereocenters. The number of epoxide rings is 1. The van der Waals surface area contributed by atoms with Crippen molar-refractivity contribution in [2.75, 3.05) is 12.4 Å². The number of ether oxygens (including phenoxy) is 1. The molecule has 1 aliphatic rings. The minimum atomic E-state index is 0.428. The van der Waals surface area contributed by atoms with Crippen molar-refractivity contribution in [2.45, 2.75) is 11.0 Å². The molecule has 1 fully saturated rings. The standard InChI is InChI=1S/C9H8Cl2OS/c10-6-1-2-9(8(11)3-6)13-5-7-4-12-7/h1-3,7H,4-5H2/t7-/m1/s1. The highest BCUT2D eigenvalue weighted by Crippen LogP contribution is 2.31. The maximum atomic E-state index is 5.99. The summed E-state index contributed by atoms with van der Waals surface area (Å²) in [6.07, 6.45) is 0.428. The van der Waals surface area contributed by atoms with E-state index in [4.69, 9.17) is 27.9 Å². The molecule has 0 aromatic heterocycles. The van der Waals surface area contributed by atoms with Gasteiger partial charge in [0.05, 0.1) is 17.7 Å². The van der Waals surface area contributed by atoms with Gasteiger partial charge in [0.1, 0.15) is 0 Å². The predicted octanol–water partition coefficient (Wildman–Crippen LogP) is 3.48. The van der Waals surface area contributed by atoms with E-state index in [9.17, 15) is 0 Å². The average Bonchev–Trinajstić information content (AvgIpc) is 2.86. The molecule has 1 atom stereocenters. The van der Waals surface area contributed by atoms with Gasteiger partial charge in [-0.15, -0.1) is 11.8 Å². The maximum Gasteiger partial charge on any atom is 0.0903 e. The summed E-state index contributed by atoms with van der Waals surface area (Å²) in [7, 11) is 0. The highest BCUT2D eigenvalue weighted by Gasteiger charge is 2.22. The van der Waals surface area contributed by atoms with E-state index in [-0.39, 0.29) is 0 Å². The van der Waals surface area contributed by atoms with E-state index in [0.29, 0.717) is 11.1 Å². The minimum Gasteiger partial charge on any atom is -0.372 e. The highest BCUT2D eigenvalue weighted by molar-refractivity contribution is 7.99. The first kappa shape index (κ1) is 9.66. The molecule has 0 saturated carbocycles. The van der Waals surface area contributed by atoms with Gasteiger partial charge in [-0.25, -0.2) is 0 Å². The SMILES string of the molecule is Clc1ccc(SC[C@H]2CO2)c(Cl)c1. The van der Waals surface area contributed by atoms with Gasteiger partial charge in [0.15, 0.2) is 0 Å². The van der Waals surface area contributed by atoms with Crippen LogP contribution in [0.2, 0.25) is 10.0 Å². The Labute approximate surface area is 91.4 Å². The second-order valence-corrected chi connectivity index (χ2v) is 4.75. The highest BCUT2D eigenvalue weighted by atomic mass is 35.5. The smallest absolute Gasteiger partial charge is 0.0903 e. The Bertz CT molecular complexity index is 312. The van der Waals surface area contributed by atoms with Gasteiger partial charge in [-0.2, -0.15) is 0 Å². The third-order valence-corrected chi connectivity index (χ3v) is 3.59. The zero-order valence-corrected chi connectivity index (χ0v) is 9.12. The van der Waals surface area contributed by atoms with Crippen LogP contribution in [0, 0.1) is 0 Å². The van der Waals surface area contributed by atoms with Crippen LogP contribution in [0.25, 0.3) is 0 Å². The largest absolute Gasteiger partial charge is 0.372 e. The van der Waals surface area contributed by atoms with E-state index < -0.39 is 0 Å². The normalized spacial score (nSPS) is 20.3. The van der Waals surface area contributed by atoms with Gasteiger partial charge in [0, 0.05) is 15.7 Å². The third-order valence-electron chi connectivity index (χ3n) is 1.72. The molecule has 70 valence electrons. The summed E-state index contributed by atoms with van der Waals surface area (Å²) in [5.41, 5.74) is 0. The van der Waals surface area contributed by atoms with Crippen LogP contribution in [0.4, 0.5) is 0 Å². The summed E-state index contributed by atoms with van der Waals surface area (Å²) in [5.74, 6) is 0.974. The fourth-order valence-electron chi connectivity index (χ4n) is 0.939. The lowest BCUT2D eigenvalue weighted by molar-refractivity contribution is 0.426. The lowest BCUT2D eigenvalue weighted by Gasteiger charge is -2.02. The molecule has 0 N–H and O–H groups in total. The van der Waals surface area contributed by atoms with Crippen LogP contribution < -0.4 is 0 Å². The van der Waals surface area contributed by atoms with Crippen LogP contribution in [0.1, 0.15) is 0 Å². The molecule has 0 amide bonds. The average molecular weight is 235 g/mol. The van der Waals surface area contributed by atoms with E-state index >= 15 is 0 Å². The lowest BCUT2D eigenvalue weighted by Crippen LogP contribution is -1.88. The number of hydrogen-bond donors (Lipinski definition) is 0. The summed E-state index contributed by atoms with van der Waals surface area (Å²) >= 11 is 13.5. The zero-order chi connectivity index (χ0) is 9.26. The fourth-order valence-corrected chi connectivity index (χ4v) is 2.43. The Balaban J connectivity index is 2.01. The second-order valence-electron chi connectivity index (χ2n) is 2.84. The van der Waals surface area contributed by atoms with Crippen molar-refractivity contribution >= 4 is 35.0 Å². The quantitative estimate of drug-likeness (QED) is 0.587. The molecule has 1 heterocycles. The zero-order valence-electron chi connectivity index (χ0n) is 6.80. The van der Waals surface area contributed by atoms with Gasteiger partial charge in [0.2, 0.25) is 0 Å². The van der Waals surface area contributed by atoms with Crippen LogP contribution in [0.15, 0.2) is 23.1 Å². The molecule has 0 radical (unpaired) electrons. The summed E-state index contributed by atoms with van der Waals surface area (Å²) < 4.78 is 5.10. The van der Waals surface area contributed by atoms with Crippen molar-refractivity contribution < 1.29 is 4.74 Å². The van der Waals surface area contributed by atoms with Crippen molar-refractivity contribution in [3.63, 3.8) is 0 Å². The first-order valence-corrected chi connectivity index (χ1v) is 5.69. The third kappa shape index (κ3) is 2.78. The summed E-state index contributed by atoms with van der Waals surface area (Å²) in [4.78, 5) is 1.07. The van der Waals surface area contributed by atoms with Gasteiger partial charge in [-0.3, -0.25) is 0 Å². The first-order valence-electron chi connectivity index (χ1n) is 3.95. The monoisotopic (exact) mass is 234 g/mol. The van der Waals surface area contributed by atoms with Crippen molar-refractivity contribution in [1.82, 2.24) is 0 Å². The summed E-state index contributed by atoms with van der Waals surface area (Å²) in [5, 5.41) is 1.40. The topological polar surface area (TPSA) is 12.5 Å². The first-order chi connectivity index (χ1) is 6.25. The van der Waals surface area contributed by atoms with Crippen molar-refractivity contribution in [3.8, 4) is 0 Å². The van der Waals surface area contributed by atoms with E-state index in [2.05, 4.69) is 0 Å². The molecule has 2 rings (SSSR count). The Morgan fingerprint density at radius 3 is 2.85 bits per heavy atom. The predicted molar refractivity (Wildman–Crippen MR) is 56.9 cm³/mol. The van der Waals surface area contributed by atoms with Gasteiger partial charge in [-0.05, 0) is 18.2 Å². The number of hydrogen-bond acceptors (Lipinski definition) is 2. The molecule has 1 aliphatic heterocycles. The number of halogens is 2. The molecule has 1 aromatic rings. The molecular weight excluding hydrogens is 227 g/mol. The lowest BCUT2D eigenvalue weighted by atomic mass is 10.4. The minimum absolute atomic E-state index is 0.428. The number of benzene rings is 1. The van der Waals surface area contributed by atoms with Crippen LogP contribution >= 0.6 is 35.0 Å². The van der Waals surface area contributed by atoms with Crippen LogP contribution in [0.5, 0.6) is 0 Å². The van der Waals surface area contributed by atoms with E-state index in [1.54, 1.807) is 17.8 Å². The van der Waals surface area contributed by atoms with Gasteiger partial charge in [0.25, 0.3) is 0 Å². The summed E-state index contributed by atoms with van der Waals surface area (Å²) in [6, 6.07) is 5.56. The second kappa shape index (κ2) is 4.09. The van der Waals surface area contributed by atoms with Crippen LogP contribution in [0.3, 0.4) is 0 Å². The Morgan fingerprint density at radius 2 is 2.23 bits per heavy atom. The van der Waals surface area contributed by atoms with E-state index in [1.807, 2.05) is 12.1 Å². The van der Waals surface area contributed by atoms with Gasteiger partial charge >= 0.3 is 0 Å². The van der Waals surface area contributed by atoms with Crippen molar-refractivity contribution in [3.05, 3.63) is 28.2 Å². The molecule has 13 heavy (non-hydrogen) atoms. The fraction of sp³-hybridized carbons (Fsp3) is 0.333. The number of thioether (sulfide) groups is 1. The molecule has 1 nitrogen and oxygen atoms in total. The van der Waals surface area contributed by atoms with E-state index in [0.717, 1.165) is 22.3 Å². The Hall–Kier alpha value is 0.110. The molecular formula is C9H8Cl2OS.